The molecule has 6 nitrogen and oxygen atoms in total. The number of amides is 1. The van der Waals surface area contributed by atoms with Gasteiger partial charge < -0.3 is 9.88 Å². The number of hydrogen-bond donors (Lipinski definition) is 2. The van der Waals surface area contributed by atoms with Crippen molar-refractivity contribution >= 4 is 16.8 Å². The summed E-state index contributed by atoms with van der Waals surface area (Å²) in [6.07, 6.45) is 6.15. The number of fused-ring (bicyclic) bond motifs is 1. The van der Waals surface area contributed by atoms with E-state index < -0.39 is 0 Å². The molecule has 0 atom stereocenters. The van der Waals surface area contributed by atoms with Gasteiger partial charge in [0.15, 0.2) is 0 Å². The lowest BCUT2D eigenvalue weighted by Gasteiger charge is -2.09. The quantitative estimate of drug-likeness (QED) is 0.564. The van der Waals surface area contributed by atoms with E-state index in [0.29, 0.717) is 18.5 Å². The van der Waals surface area contributed by atoms with Crippen molar-refractivity contribution in [3.63, 3.8) is 0 Å². The van der Waals surface area contributed by atoms with Crippen molar-refractivity contribution in [3.8, 4) is 0 Å². The Hall–Kier alpha value is -3.41. The van der Waals surface area contributed by atoms with Crippen molar-refractivity contribution in [2.24, 2.45) is 0 Å². The van der Waals surface area contributed by atoms with Gasteiger partial charge in [0.2, 0.25) is 0 Å². The van der Waals surface area contributed by atoms with Crippen LogP contribution >= 0.6 is 0 Å². The van der Waals surface area contributed by atoms with Crippen LogP contribution in [0.1, 0.15) is 21.7 Å². The number of nitrogens with zero attached hydrogens (tertiary/aromatic N) is 3. The third-order valence-corrected chi connectivity index (χ3v) is 4.35. The monoisotopic (exact) mass is 345 g/mol. The molecule has 6 heteroatoms. The van der Waals surface area contributed by atoms with E-state index in [1.54, 1.807) is 18.5 Å². The van der Waals surface area contributed by atoms with Crippen LogP contribution in [0.2, 0.25) is 0 Å². The molecule has 2 aromatic heterocycles. The zero-order chi connectivity index (χ0) is 17.8. The van der Waals surface area contributed by atoms with Gasteiger partial charge in [-0.05, 0) is 11.6 Å². The molecule has 2 N–H and O–H groups in total. The van der Waals surface area contributed by atoms with Crippen molar-refractivity contribution in [1.29, 1.82) is 0 Å². The number of rotatable bonds is 6. The summed E-state index contributed by atoms with van der Waals surface area (Å²) in [7, 11) is 0. The molecular weight excluding hydrogens is 326 g/mol. The molecule has 0 saturated heterocycles. The summed E-state index contributed by atoms with van der Waals surface area (Å²) in [5, 5.41) is 10.8. The van der Waals surface area contributed by atoms with Crippen LogP contribution in [0.3, 0.4) is 0 Å². The molecule has 0 aliphatic heterocycles. The van der Waals surface area contributed by atoms with Gasteiger partial charge in [-0.2, -0.15) is 5.10 Å². The topological polar surface area (TPSA) is 75.6 Å². The average Bonchev–Trinajstić information content (AvgIpc) is 3.31. The van der Waals surface area contributed by atoms with Gasteiger partial charge in [0.1, 0.15) is 5.82 Å². The van der Waals surface area contributed by atoms with Crippen molar-refractivity contribution in [2.75, 3.05) is 6.54 Å². The van der Waals surface area contributed by atoms with Gasteiger partial charge in [-0.3, -0.25) is 9.89 Å². The number of carbonyl (C=O) groups excluding carboxylic acids is 1. The summed E-state index contributed by atoms with van der Waals surface area (Å²) in [5.74, 6) is 0.843. The third-order valence-electron chi connectivity index (χ3n) is 4.35. The molecule has 0 spiro atoms. The number of H-pyrrole nitrogens is 1. The minimum atomic E-state index is -0.110. The summed E-state index contributed by atoms with van der Waals surface area (Å²) >= 11 is 0. The van der Waals surface area contributed by atoms with Crippen LogP contribution in [-0.4, -0.2) is 32.2 Å². The average molecular weight is 345 g/mol. The van der Waals surface area contributed by atoms with E-state index in [1.165, 1.54) is 5.56 Å². The molecule has 2 aromatic carbocycles. The van der Waals surface area contributed by atoms with E-state index in [0.717, 1.165) is 23.3 Å². The highest BCUT2D eigenvalue weighted by Gasteiger charge is 2.11. The van der Waals surface area contributed by atoms with Gasteiger partial charge in [-0.25, -0.2) is 4.98 Å². The molecule has 1 amide bonds. The number of hydrogen-bond acceptors (Lipinski definition) is 3. The van der Waals surface area contributed by atoms with E-state index in [2.05, 4.69) is 37.2 Å². The first kappa shape index (κ1) is 16.1. The minimum Gasteiger partial charge on any atom is -0.352 e. The zero-order valence-corrected chi connectivity index (χ0v) is 14.2. The van der Waals surface area contributed by atoms with Crippen molar-refractivity contribution in [3.05, 3.63) is 84.1 Å². The van der Waals surface area contributed by atoms with Gasteiger partial charge in [0, 0.05) is 37.3 Å². The highest BCUT2D eigenvalue weighted by Crippen LogP contribution is 2.15. The molecule has 26 heavy (non-hydrogen) atoms. The Bertz CT molecular complexity index is 1020. The predicted molar refractivity (Wildman–Crippen MR) is 99.9 cm³/mol. The molecule has 2 heterocycles. The van der Waals surface area contributed by atoms with Gasteiger partial charge in [0.25, 0.3) is 5.91 Å². The standard InChI is InChI=1S/C20H19N5O/c26-20(17-8-4-7-16-13-23-24-19(16)17)22-10-9-18-21-11-12-25(18)14-15-5-2-1-3-6-15/h1-8,11-13H,9-10,14H2,(H,22,26)(H,23,24). The Kier molecular flexibility index (Phi) is 4.47. The fourth-order valence-corrected chi connectivity index (χ4v) is 3.03. The maximum atomic E-state index is 12.5. The Morgan fingerprint density at radius 2 is 2.00 bits per heavy atom. The maximum absolute atomic E-state index is 12.5. The van der Waals surface area contributed by atoms with E-state index in [1.807, 2.05) is 36.5 Å². The zero-order valence-electron chi connectivity index (χ0n) is 14.2. The SMILES string of the molecule is O=C(NCCc1nccn1Cc1ccccc1)c1cccc2cn[nH]c12. The Morgan fingerprint density at radius 1 is 1.12 bits per heavy atom. The molecule has 0 aliphatic carbocycles. The van der Waals surface area contributed by atoms with Gasteiger partial charge in [0.05, 0.1) is 17.3 Å². The summed E-state index contributed by atoms with van der Waals surface area (Å²) in [4.78, 5) is 16.9. The van der Waals surface area contributed by atoms with Crippen molar-refractivity contribution < 1.29 is 4.79 Å². The number of benzene rings is 2. The lowest BCUT2D eigenvalue weighted by molar-refractivity contribution is 0.0955. The summed E-state index contributed by atoms with van der Waals surface area (Å²) in [6.45, 7) is 1.30. The smallest absolute Gasteiger partial charge is 0.253 e. The van der Waals surface area contributed by atoms with Crippen LogP contribution in [0, 0.1) is 0 Å². The number of aromatic amines is 1. The second-order valence-electron chi connectivity index (χ2n) is 6.10. The second-order valence-corrected chi connectivity index (χ2v) is 6.10. The molecular formula is C20H19N5O. The van der Waals surface area contributed by atoms with E-state index in [4.69, 9.17) is 0 Å². The maximum Gasteiger partial charge on any atom is 0.253 e. The normalized spacial score (nSPS) is 10.9. The Balaban J connectivity index is 1.39. The van der Waals surface area contributed by atoms with E-state index in [9.17, 15) is 4.79 Å². The lowest BCUT2D eigenvalue weighted by Crippen LogP contribution is -2.26. The van der Waals surface area contributed by atoms with Crippen molar-refractivity contribution in [1.82, 2.24) is 25.1 Å². The summed E-state index contributed by atoms with van der Waals surface area (Å²) in [6, 6.07) is 15.8. The molecule has 0 unspecified atom stereocenters. The molecule has 4 rings (SSSR count). The summed E-state index contributed by atoms with van der Waals surface area (Å²) < 4.78 is 2.11. The number of imidazole rings is 1. The predicted octanol–water partition coefficient (Wildman–Crippen LogP) is 2.78. The van der Waals surface area contributed by atoms with Gasteiger partial charge in [-0.1, -0.05) is 42.5 Å². The number of carbonyl (C=O) groups is 1. The van der Waals surface area contributed by atoms with Gasteiger partial charge >= 0.3 is 0 Å². The lowest BCUT2D eigenvalue weighted by atomic mass is 10.1. The van der Waals surface area contributed by atoms with Crippen LogP contribution in [0.15, 0.2) is 67.1 Å². The molecule has 0 saturated carbocycles. The van der Waals surface area contributed by atoms with Gasteiger partial charge in [-0.15, -0.1) is 0 Å². The fraction of sp³-hybridized carbons (Fsp3) is 0.150. The van der Waals surface area contributed by atoms with E-state index in [-0.39, 0.29) is 5.91 Å². The van der Waals surface area contributed by atoms with Crippen LogP contribution in [-0.2, 0) is 13.0 Å². The van der Waals surface area contributed by atoms with Crippen LogP contribution < -0.4 is 5.32 Å². The summed E-state index contributed by atoms with van der Waals surface area (Å²) in [5.41, 5.74) is 2.59. The first-order valence-corrected chi connectivity index (χ1v) is 8.55. The Morgan fingerprint density at radius 3 is 2.88 bits per heavy atom. The number of para-hydroxylation sites is 1. The first-order chi connectivity index (χ1) is 12.8. The van der Waals surface area contributed by atoms with Crippen LogP contribution in [0.25, 0.3) is 10.9 Å². The van der Waals surface area contributed by atoms with Crippen LogP contribution in [0.5, 0.6) is 0 Å². The third kappa shape index (κ3) is 3.35. The molecule has 130 valence electrons. The second kappa shape index (κ2) is 7.23. The van der Waals surface area contributed by atoms with E-state index >= 15 is 0 Å². The minimum absolute atomic E-state index is 0.110. The van der Waals surface area contributed by atoms with Crippen LogP contribution in [0.4, 0.5) is 0 Å². The molecule has 4 aromatic rings. The first-order valence-electron chi connectivity index (χ1n) is 8.55. The largest absolute Gasteiger partial charge is 0.352 e. The molecule has 0 fully saturated rings. The number of nitrogens with one attached hydrogen (secondary N) is 2. The number of aromatic nitrogens is 4. The molecule has 0 radical (unpaired) electrons. The molecule has 0 aliphatic rings. The fourth-order valence-electron chi connectivity index (χ4n) is 3.03. The highest BCUT2D eigenvalue weighted by molar-refractivity contribution is 6.05. The molecule has 0 bridgehead atoms. The Labute approximate surface area is 150 Å². The van der Waals surface area contributed by atoms with Crippen molar-refractivity contribution in [2.45, 2.75) is 13.0 Å². The highest BCUT2D eigenvalue weighted by atomic mass is 16.1.